The molecular weight excluding hydrogens is 551 g/mol. The van der Waals surface area contributed by atoms with E-state index in [9.17, 15) is 0 Å². The monoisotopic (exact) mass is 575 g/mol. The first-order chi connectivity index (χ1) is 21.8. The molecule has 0 atom stereocenters. The van der Waals surface area contributed by atoms with Crippen molar-refractivity contribution in [1.82, 2.24) is 4.57 Å². The zero-order chi connectivity index (χ0) is 28.8. The topological polar surface area (TPSA) is 4.93 Å². The Bertz CT molecular complexity index is 2780. The molecule has 0 unspecified atom stereocenters. The normalized spacial score (nSPS) is 12.1. The zero-order valence-electron chi connectivity index (χ0n) is 23.8. The average Bonchev–Trinajstić information content (AvgIpc) is 3.64. The number of hydrogen-bond donors (Lipinski definition) is 0. The van der Waals surface area contributed by atoms with E-state index in [0.717, 1.165) is 0 Å². The Labute approximate surface area is 257 Å². The Morgan fingerprint density at radius 2 is 1.00 bits per heavy atom. The highest BCUT2D eigenvalue weighted by Gasteiger charge is 2.22. The molecule has 0 radical (unpaired) electrons. The van der Waals surface area contributed by atoms with Crippen LogP contribution < -0.4 is 0 Å². The molecule has 0 aliphatic rings. The minimum Gasteiger partial charge on any atom is -0.308 e. The summed E-state index contributed by atoms with van der Waals surface area (Å²) in [6.07, 6.45) is 0. The number of hydrogen-bond acceptors (Lipinski definition) is 1. The number of fused-ring (bicyclic) bond motifs is 12. The van der Waals surface area contributed by atoms with Crippen LogP contribution in [0, 0.1) is 0 Å². The van der Waals surface area contributed by atoms with Crippen LogP contribution in [0.25, 0.3) is 91.1 Å². The van der Waals surface area contributed by atoms with Gasteiger partial charge in [-0.2, -0.15) is 0 Å². The molecule has 0 N–H and O–H groups in total. The third kappa shape index (κ3) is 3.35. The molecule has 10 aromatic rings. The maximum absolute atomic E-state index is 2.52. The summed E-state index contributed by atoms with van der Waals surface area (Å²) in [4.78, 5) is 0. The van der Waals surface area contributed by atoms with E-state index in [4.69, 9.17) is 0 Å². The summed E-state index contributed by atoms with van der Waals surface area (Å²) in [6, 6.07) is 55.9. The van der Waals surface area contributed by atoms with Crippen LogP contribution in [0.15, 0.2) is 152 Å². The second-order valence-corrected chi connectivity index (χ2v) is 12.8. The third-order valence-corrected chi connectivity index (χ3v) is 10.5. The first-order valence-corrected chi connectivity index (χ1v) is 15.9. The van der Waals surface area contributed by atoms with E-state index < -0.39 is 0 Å². The Morgan fingerprint density at radius 3 is 1.80 bits per heavy atom. The minimum atomic E-state index is 1.19. The van der Waals surface area contributed by atoms with E-state index in [1.165, 1.54) is 91.1 Å². The maximum atomic E-state index is 2.52. The van der Waals surface area contributed by atoms with E-state index >= 15 is 0 Å². The lowest BCUT2D eigenvalue weighted by molar-refractivity contribution is 1.19. The van der Waals surface area contributed by atoms with Crippen LogP contribution in [0.1, 0.15) is 0 Å². The Kier molecular flexibility index (Phi) is 4.94. The lowest BCUT2D eigenvalue weighted by Gasteiger charge is -2.11. The molecule has 0 amide bonds. The molecule has 0 saturated carbocycles. The van der Waals surface area contributed by atoms with Gasteiger partial charge >= 0.3 is 0 Å². The van der Waals surface area contributed by atoms with Gasteiger partial charge in [0.15, 0.2) is 0 Å². The van der Waals surface area contributed by atoms with Crippen LogP contribution in [0.5, 0.6) is 0 Å². The highest BCUT2D eigenvalue weighted by molar-refractivity contribution is 7.27. The Hall–Kier alpha value is -5.44. The van der Waals surface area contributed by atoms with Crippen LogP contribution in [0.3, 0.4) is 0 Å². The van der Waals surface area contributed by atoms with Crippen molar-refractivity contribution in [2.75, 3.05) is 0 Å². The molecule has 0 aliphatic heterocycles. The standard InChI is InChI=1S/C42H25NS/c1-3-11-28-23-30(18-17-26(28)9-1)31-20-22-37-36(25-31)39-33-13-5-6-14-34(33)40-35-15-7-8-16-38(35)44-42(40)41(39)43(37)32-21-19-27-10-2-4-12-29(27)24-32/h1-25H. The molecule has 0 spiro atoms. The van der Waals surface area contributed by atoms with Crippen LogP contribution in [0.2, 0.25) is 0 Å². The van der Waals surface area contributed by atoms with Gasteiger partial charge in [0.2, 0.25) is 0 Å². The maximum Gasteiger partial charge on any atom is 0.0726 e. The number of thiophene rings is 1. The molecular formula is C42H25NS. The first-order valence-electron chi connectivity index (χ1n) is 15.1. The van der Waals surface area contributed by atoms with Gasteiger partial charge in [0.1, 0.15) is 0 Å². The van der Waals surface area contributed by atoms with Gasteiger partial charge in [-0.25, -0.2) is 0 Å². The molecule has 44 heavy (non-hydrogen) atoms. The lowest BCUT2D eigenvalue weighted by Crippen LogP contribution is -1.94. The molecule has 0 aliphatic carbocycles. The van der Waals surface area contributed by atoms with Crippen molar-refractivity contribution in [1.29, 1.82) is 0 Å². The van der Waals surface area contributed by atoms with Crippen molar-refractivity contribution < 1.29 is 0 Å². The zero-order valence-corrected chi connectivity index (χ0v) is 24.6. The van der Waals surface area contributed by atoms with E-state index in [0.29, 0.717) is 0 Å². The van der Waals surface area contributed by atoms with Crippen LogP contribution in [-0.4, -0.2) is 4.57 Å². The van der Waals surface area contributed by atoms with Gasteiger partial charge in [-0.1, -0.05) is 115 Å². The summed E-state index contributed by atoms with van der Waals surface area (Å²) in [5.41, 5.74) is 6.19. The van der Waals surface area contributed by atoms with E-state index in [-0.39, 0.29) is 0 Å². The fraction of sp³-hybridized carbons (Fsp3) is 0. The highest BCUT2D eigenvalue weighted by atomic mass is 32.1. The lowest BCUT2D eigenvalue weighted by atomic mass is 9.96. The summed E-state index contributed by atoms with van der Waals surface area (Å²) >= 11 is 1.91. The molecule has 0 bridgehead atoms. The second kappa shape index (κ2) is 9.03. The molecule has 2 heterocycles. The van der Waals surface area contributed by atoms with Gasteiger partial charge in [0.25, 0.3) is 0 Å². The fourth-order valence-electron chi connectivity index (χ4n) is 7.31. The second-order valence-electron chi connectivity index (χ2n) is 11.7. The van der Waals surface area contributed by atoms with Crippen LogP contribution in [-0.2, 0) is 0 Å². The minimum absolute atomic E-state index is 1.19. The van der Waals surface area contributed by atoms with Crippen molar-refractivity contribution in [3.05, 3.63) is 152 Å². The predicted molar refractivity (Wildman–Crippen MR) is 192 cm³/mol. The molecule has 10 rings (SSSR count). The van der Waals surface area contributed by atoms with E-state index in [1.54, 1.807) is 0 Å². The van der Waals surface area contributed by atoms with Crippen LogP contribution in [0.4, 0.5) is 0 Å². The number of benzene rings is 8. The molecule has 0 fully saturated rings. The SMILES string of the molecule is c1ccc2cc(-c3ccc4c(c3)c3c5ccccc5c5c6ccccc6sc5c3n4-c3ccc4ccccc4c3)ccc2c1. The molecule has 2 aromatic heterocycles. The van der Waals surface area contributed by atoms with Gasteiger partial charge in [0.05, 0.1) is 15.7 Å². The molecule has 8 aromatic carbocycles. The molecule has 2 heteroatoms. The average molecular weight is 576 g/mol. The highest BCUT2D eigenvalue weighted by Crippen LogP contribution is 2.48. The van der Waals surface area contributed by atoms with Gasteiger partial charge in [-0.15, -0.1) is 11.3 Å². The number of aromatic nitrogens is 1. The van der Waals surface area contributed by atoms with Gasteiger partial charge in [-0.05, 0) is 79.8 Å². The van der Waals surface area contributed by atoms with Crippen molar-refractivity contribution in [2.24, 2.45) is 0 Å². The first kappa shape index (κ1) is 24.0. The quantitative estimate of drug-likeness (QED) is 0.193. The van der Waals surface area contributed by atoms with Crippen molar-refractivity contribution in [3.8, 4) is 16.8 Å². The van der Waals surface area contributed by atoms with Gasteiger partial charge in [-0.3, -0.25) is 0 Å². The number of rotatable bonds is 2. The summed E-state index contributed by atoms with van der Waals surface area (Å²) in [6.45, 7) is 0. The molecule has 0 saturated heterocycles. The smallest absolute Gasteiger partial charge is 0.0726 e. The van der Waals surface area contributed by atoms with Crippen molar-refractivity contribution in [3.63, 3.8) is 0 Å². The molecule has 204 valence electrons. The summed E-state index contributed by atoms with van der Waals surface area (Å²) in [5.74, 6) is 0. The van der Waals surface area contributed by atoms with E-state index in [2.05, 4.69) is 156 Å². The third-order valence-electron chi connectivity index (χ3n) is 9.32. The fourth-order valence-corrected chi connectivity index (χ4v) is 8.57. The van der Waals surface area contributed by atoms with Gasteiger partial charge < -0.3 is 4.57 Å². The summed E-state index contributed by atoms with van der Waals surface area (Å²) in [7, 11) is 0. The number of nitrogens with zero attached hydrogens (tertiary/aromatic N) is 1. The van der Waals surface area contributed by atoms with Crippen LogP contribution >= 0.6 is 11.3 Å². The summed E-state index contributed by atoms with van der Waals surface area (Å²) in [5, 5.41) is 13.0. The summed E-state index contributed by atoms with van der Waals surface area (Å²) < 4.78 is 5.19. The Balaban J connectivity index is 1.40. The van der Waals surface area contributed by atoms with E-state index in [1.807, 2.05) is 11.3 Å². The largest absolute Gasteiger partial charge is 0.308 e. The van der Waals surface area contributed by atoms with Gasteiger partial charge in [0, 0.05) is 31.9 Å². The van der Waals surface area contributed by atoms with Crippen molar-refractivity contribution >= 4 is 85.6 Å². The molecule has 1 nitrogen and oxygen atoms in total. The van der Waals surface area contributed by atoms with Crippen molar-refractivity contribution in [2.45, 2.75) is 0 Å². The predicted octanol–water partition coefficient (Wildman–Crippen LogP) is 12.3. The Morgan fingerprint density at radius 1 is 0.409 bits per heavy atom.